The summed E-state index contributed by atoms with van der Waals surface area (Å²) >= 11 is 0. The fourth-order valence-corrected chi connectivity index (χ4v) is 1.88. The molecule has 0 N–H and O–H groups in total. The Morgan fingerprint density at radius 1 is 1.08 bits per heavy atom. The van der Waals surface area contributed by atoms with E-state index in [0.717, 1.165) is 5.92 Å². The number of hydrogen-bond acceptors (Lipinski definition) is 0. The van der Waals surface area contributed by atoms with E-state index < -0.39 is 0 Å². The summed E-state index contributed by atoms with van der Waals surface area (Å²) in [7, 11) is 0. The minimum Gasteiger partial charge on any atom is -0.0882 e. The van der Waals surface area contributed by atoms with Gasteiger partial charge in [0.05, 0.1) is 0 Å². The van der Waals surface area contributed by atoms with E-state index in [0.29, 0.717) is 5.41 Å². The van der Waals surface area contributed by atoms with Crippen molar-refractivity contribution in [2.45, 2.75) is 52.9 Å². The van der Waals surface area contributed by atoms with E-state index in [-0.39, 0.29) is 0 Å². The van der Waals surface area contributed by atoms with Gasteiger partial charge in [0.15, 0.2) is 0 Å². The Kier molecular flexibility index (Phi) is 3.37. The highest BCUT2D eigenvalue weighted by atomic mass is 14.3. The second kappa shape index (κ2) is 4.11. The number of hydrogen-bond donors (Lipinski definition) is 0. The lowest BCUT2D eigenvalue weighted by Gasteiger charge is -2.29. The van der Waals surface area contributed by atoms with E-state index >= 15 is 0 Å². The van der Waals surface area contributed by atoms with Gasteiger partial charge in [0.25, 0.3) is 0 Å². The van der Waals surface area contributed by atoms with Crippen LogP contribution in [0.1, 0.15) is 52.9 Å². The Hall–Kier alpha value is -0.260. The molecule has 0 aromatic carbocycles. The van der Waals surface area contributed by atoms with Gasteiger partial charge in [0.2, 0.25) is 0 Å². The third-order valence-corrected chi connectivity index (χ3v) is 2.87. The average molecular weight is 166 g/mol. The molecule has 0 radical (unpaired) electrons. The van der Waals surface area contributed by atoms with Crippen molar-refractivity contribution in [2.24, 2.45) is 11.3 Å². The molecular formula is C12H22. The summed E-state index contributed by atoms with van der Waals surface area (Å²) in [6.07, 6.45) is 11.8. The predicted molar refractivity (Wildman–Crippen MR) is 55.2 cm³/mol. The molecule has 0 fully saturated rings. The van der Waals surface area contributed by atoms with E-state index in [2.05, 4.69) is 32.9 Å². The highest BCUT2D eigenvalue weighted by Gasteiger charge is 2.21. The normalized spacial score (nSPS) is 26.4. The molecule has 12 heavy (non-hydrogen) atoms. The first-order chi connectivity index (χ1) is 5.61. The van der Waals surface area contributed by atoms with Gasteiger partial charge in [-0.05, 0) is 30.6 Å². The van der Waals surface area contributed by atoms with Gasteiger partial charge in [0.1, 0.15) is 0 Å². The Bertz CT molecular complexity index is 148. The Morgan fingerprint density at radius 3 is 2.50 bits per heavy atom. The molecule has 0 saturated heterocycles. The smallest absolute Gasteiger partial charge is 0.0185 e. The van der Waals surface area contributed by atoms with Gasteiger partial charge >= 0.3 is 0 Å². The largest absolute Gasteiger partial charge is 0.0882 e. The standard InChI is InChI=1S/C12H22/c1-12(2,3)11-9-7-5-4-6-8-10-11/h7,9,11H,4-6,8,10H2,1-3H3. The summed E-state index contributed by atoms with van der Waals surface area (Å²) in [6, 6.07) is 0. The molecule has 0 bridgehead atoms. The quantitative estimate of drug-likeness (QED) is 0.474. The van der Waals surface area contributed by atoms with Crippen molar-refractivity contribution in [1.82, 2.24) is 0 Å². The topological polar surface area (TPSA) is 0 Å². The first kappa shape index (κ1) is 9.83. The van der Waals surface area contributed by atoms with Crippen LogP contribution in [0.15, 0.2) is 12.2 Å². The third kappa shape index (κ3) is 3.00. The maximum Gasteiger partial charge on any atom is -0.0185 e. The summed E-state index contributed by atoms with van der Waals surface area (Å²) in [5.74, 6) is 0.804. The summed E-state index contributed by atoms with van der Waals surface area (Å²) < 4.78 is 0. The Balaban J connectivity index is 2.55. The molecule has 0 aromatic rings. The number of allylic oxidation sites excluding steroid dienone is 2. The van der Waals surface area contributed by atoms with Crippen LogP contribution in [0.5, 0.6) is 0 Å². The zero-order chi connectivity index (χ0) is 9.03. The van der Waals surface area contributed by atoms with Gasteiger partial charge in [-0.3, -0.25) is 0 Å². The van der Waals surface area contributed by atoms with Gasteiger partial charge < -0.3 is 0 Å². The molecule has 0 spiro atoms. The molecular weight excluding hydrogens is 144 g/mol. The van der Waals surface area contributed by atoms with Crippen molar-refractivity contribution >= 4 is 0 Å². The van der Waals surface area contributed by atoms with Crippen molar-refractivity contribution in [2.75, 3.05) is 0 Å². The molecule has 70 valence electrons. The van der Waals surface area contributed by atoms with Crippen LogP contribution in [0.2, 0.25) is 0 Å². The molecule has 1 aliphatic rings. The van der Waals surface area contributed by atoms with Crippen molar-refractivity contribution in [3.63, 3.8) is 0 Å². The van der Waals surface area contributed by atoms with Gasteiger partial charge in [-0.15, -0.1) is 0 Å². The Morgan fingerprint density at radius 2 is 1.83 bits per heavy atom. The minimum atomic E-state index is 0.466. The highest BCUT2D eigenvalue weighted by Crippen LogP contribution is 2.32. The van der Waals surface area contributed by atoms with Crippen molar-refractivity contribution in [1.29, 1.82) is 0 Å². The summed E-state index contributed by atoms with van der Waals surface area (Å²) in [5.41, 5.74) is 0.466. The van der Waals surface area contributed by atoms with Crippen LogP contribution >= 0.6 is 0 Å². The fraction of sp³-hybridized carbons (Fsp3) is 0.833. The van der Waals surface area contributed by atoms with Crippen LogP contribution in [0.3, 0.4) is 0 Å². The third-order valence-electron chi connectivity index (χ3n) is 2.87. The molecule has 1 rings (SSSR count). The van der Waals surface area contributed by atoms with Crippen LogP contribution in [0, 0.1) is 11.3 Å². The van der Waals surface area contributed by atoms with Crippen molar-refractivity contribution < 1.29 is 0 Å². The molecule has 1 unspecified atom stereocenters. The second-order valence-corrected chi connectivity index (χ2v) is 5.04. The van der Waals surface area contributed by atoms with Crippen LogP contribution in [0.4, 0.5) is 0 Å². The second-order valence-electron chi connectivity index (χ2n) is 5.04. The van der Waals surface area contributed by atoms with Crippen molar-refractivity contribution in [3.05, 3.63) is 12.2 Å². The van der Waals surface area contributed by atoms with E-state index in [4.69, 9.17) is 0 Å². The first-order valence-electron chi connectivity index (χ1n) is 5.27. The van der Waals surface area contributed by atoms with Gasteiger partial charge in [-0.1, -0.05) is 45.8 Å². The minimum absolute atomic E-state index is 0.466. The Labute approximate surface area is 77.1 Å². The molecule has 1 aliphatic carbocycles. The van der Waals surface area contributed by atoms with E-state index in [1.165, 1.54) is 32.1 Å². The maximum absolute atomic E-state index is 2.44. The first-order valence-corrected chi connectivity index (χ1v) is 5.27. The number of rotatable bonds is 0. The maximum atomic E-state index is 2.44. The van der Waals surface area contributed by atoms with Crippen LogP contribution in [-0.2, 0) is 0 Å². The fourth-order valence-electron chi connectivity index (χ4n) is 1.88. The zero-order valence-electron chi connectivity index (χ0n) is 8.77. The van der Waals surface area contributed by atoms with Crippen molar-refractivity contribution in [3.8, 4) is 0 Å². The lowest BCUT2D eigenvalue weighted by Crippen LogP contribution is -2.18. The van der Waals surface area contributed by atoms with E-state index in [9.17, 15) is 0 Å². The lowest BCUT2D eigenvalue weighted by atomic mass is 9.77. The molecule has 0 nitrogen and oxygen atoms in total. The molecule has 0 amide bonds. The summed E-state index contributed by atoms with van der Waals surface area (Å²) in [4.78, 5) is 0. The highest BCUT2D eigenvalue weighted by molar-refractivity contribution is 4.94. The molecule has 0 heteroatoms. The average Bonchev–Trinajstić information content (AvgIpc) is 1.81. The van der Waals surface area contributed by atoms with Gasteiger partial charge in [-0.25, -0.2) is 0 Å². The monoisotopic (exact) mass is 166 g/mol. The molecule has 0 saturated carbocycles. The lowest BCUT2D eigenvalue weighted by molar-refractivity contribution is 0.268. The molecule has 0 aliphatic heterocycles. The summed E-state index contributed by atoms with van der Waals surface area (Å²) in [6.45, 7) is 7.05. The van der Waals surface area contributed by atoms with Gasteiger partial charge in [-0.2, -0.15) is 0 Å². The molecule has 0 heterocycles. The van der Waals surface area contributed by atoms with Crippen LogP contribution in [0.25, 0.3) is 0 Å². The van der Waals surface area contributed by atoms with Crippen LogP contribution in [-0.4, -0.2) is 0 Å². The van der Waals surface area contributed by atoms with Crippen LogP contribution < -0.4 is 0 Å². The summed E-state index contributed by atoms with van der Waals surface area (Å²) in [5, 5.41) is 0. The van der Waals surface area contributed by atoms with Gasteiger partial charge in [0, 0.05) is 0 Å². The van der Waals surface area contributed by atoms with E-state index in [1.807, 2.05) is 0 Å². The molecule has 1 atom stereocenters. The van der Waals surface area contributed by atoms with E-state index in [1.54, 1.807) is 0 Å². The zero-order valence-corrected chi connectivity index (χ0v) is 8.77. The SMILES string of the molecule is CC(C)(C)C1C=CCCCCC1. The molecule has 0 aromatic heterocycles. The predicted octanol–water partition coefficient (Wildman–Crippen LogP) is 4.17.